The van der Waals surface area contributed by atoms with Crippen LogP contribution in [-0.2, 0) is 0 Å². The van der Waals surface area contributed by atoms with Crippen molar-refractivity contribution in [3.8, 4) is 0 Å². The summed E-state index contributed by atoms with van der Waals surface area (Å²) in [6, 6.07) is 35.5. The van der Waals surface area contributed by atoms with E-state index in [0.717, 1.165) is 0 Å². The molecule has 0 atom stereocenters. The molecule has 0 radical (unpaired) electrons. The predicted octanol–water partition coefficient (Wildman–Crippen LogP) is 6.73. The smallest absolute Gasteiger partial charge is 0.344 e. The van der Waals surface area contributed by atoms with Crippen molar-refractivity contribution in [1.82, 2.24) is 0 Å². The van der Waals surface area contributed by atoms with Crippen LogP contribution < -0.4 is 14.4 Å². The number of hydrogen-bond donors (Lipinski definition) is 0. The van der Waals surface area contributed by atoms with Crippen LogP contribution in [0.1, 0.15) is 0 Å². The van der Waals surface area contributed by atoms with Gasteiger partial charge in [-0.1, -0.05) is 60.7 Å². The first-order chi connectivity index (χ1) is 14.9. The van der Waals surface area contributed by atoms with Gasteiger partial charge in [-0.15, -0.1) is 0 Å². The fraction of sp³-hybridized carbons (Fsp3) is 0. The summed E-state index contributed by atoms with van der Waals surface area (Å²) >= 11 is 0. The zero-order valence-electron chi connectivity index (χ0n) is 16.2. The third-order valence-electron chi connectivity index (χ3n) is 6.85. The fourth-order valence-corrected chi connectivity index (χ4v) is 5.76. The minimum atomic E-state index is 0.0587. The molecule has 0 saturated heterocycles. The van der Waals surface area contributed by atoms with Gasteiger partial charge in [0.1, 0.15) is 0 Å². The summed E-state index contributed by atoms with van der Waals surface area (Å²) in [4.78, 5) is 7.56. The van der Waals surface area contributed by atoms with E-state index in [2.05, 4.69) is 111 Å². The Labute approximate surface area is 174 Å². The molecule has 3 heterocycles. The second-order valence-corrected chi connectivity index (χ2v) is 8.25. The van der Waals surface area contributed by atoms with Crippen LogP contribution in [0.25, 0.3) is 21.5 Å². The zero-order valence-corrected chi connectivity index (χ0v) is 16.2. The topological polar surface area (TPSA) is 9.72 Å². The Morgan fingerprint density at radius 3 is 1.10 bits per heavy atom. The number of nitrogens with zero attached hydrogens (tertiary/aromatic N) is 3. The predicted molar refractivity (Wildman–Crippen MR) is 127 cm³/mol. The van der Waals surface area contributed by atoms with Crippen molar-refractivity contribution < 1.29 is 0 Å². The maximum Gasteiger partial charge on any atom is 0.519 e. The van der Waals surface area contributed by atoms with E-state index >= 15 is 0 Å². The SMILES string of the molecule is c1ccc2c(c1)N1B3N2c2cccc4cccc(c24)N3c2cccc3cccc1c23. The van der Waals surface area contributed by atoms with E-state index in [1.807, 2.05) is 0 Å². The summed E-state index contributed by atoms with van der Waals surface area (Å²) in [6.07, 6.45) is 0. The van der Waals surface area contributed by atoms with Crippen LogP contribution >= 0.6 is 0 Å². The second kappa shape index (κ2) is 4.97. The summed E-state index contributed by atoms with van der Waals surface area (Å²) in [5.41, 5.74) is 7.66. The normalized spacial score (nSPS) is 15.1. The van der Waals surface area contributed by atoms with Gasteiger partial charge in [-0.3, -0.25) is 0 Å². The molecule has 4 heteroatoms. The van der Waals surface area contributed by atoms with Gasteiger partial charge in [-0.2, -0.15) is 0 Å². The zero-order chi connectivity index (χ0) is 19.4. The molecule has 5 aromatic rings. The van der Waals surface area contributed by atoms with E-state index in [4.69, 9.17) is 0 Å². The third kappa shape index (κ3) is 1.55. The van der Waals surface area contributed by atoms with Gasteiger partial charge >= 0.3 is 7.12 Å². The molecule has 0 amide bonds. The van der Waals surface area contributed by atoms with Crippen molar-refractivity contribution in [3.05, 3.63) is 97.1 Å². The first-order valence-electron chi connectivity index (χ1n) is 10.4. The third-order valence-corrected chi connectivity index (χ3v) is 6.85. The number of para-hydroxylation sites is 2. The van der Waals surface area contributed by atoms with Crippen molar-refractivity contribution in [3.63, 3.8) is 0 Å². The standard InChI is InChI=1S/C26H16BN3/c1-2-12-20-19(11-1)28-21-13-3-7-17-9-5-15-23(25(17)21)30-24-16-6-10-18-8-4-14-22(26(18)24)29(20)27(28)30/h1-16H. The van der Waals surface area contributed by atoms with Crippen LogP contribution in [0.5, 0.6) is 0 Å². The molecule has 30 heavy (non-hydrogen) atoms. The van der Waals surface area contributed by atoms with Gasteiger partial charge in [0.05, 0.1) is 11.4 Å². The Hall–Kier alpha value is -3.92. The number of rotatable bonds is 0. The number of benzene rings is 5. The summed E-state index contributed by atoms with van der Waals surface area (Å²) in [5, 5.41) is 5.21. The molecule has 0 N–H and O–H groups in total. The lowest BCUT2D eigenvalue weighted by Crippen LogP contribution is -2.59. The molecule has 0 aromatic heterocycles. The molecule has 3 aliphatic heterocycles. The Morgan fingerprint density at radius 1 is 0.367 bits per heavy atom. The van der Waals surface area contributed by atoms with Gasteiger partial charge in [0.15, 0.2) is 0 Å². The monoisotopic (exact) mass is 381 g/mol. The molecule has 0 fully saturated rings. The summed E-state index contributed by atoms with van der Waals surface area (Å²) in [6.45, 7) is 0. The molecular formula is C26H16BN3. The van der Waals surface area contributed by atoms with Crippen LogP contribution in [0.3, 0.4) is 0 Å². The molecule has 3 nitrogen and oxygen atoms in total. The van der Waals surface area contributed by atoms with E-state index in [1.165, 1.54) is 55.7 Å². The molecular weight excluding hydrogens is 365 g/mol. The Kier molecular flexibility index (Phi) is 2.49. The lowest BCUT2D eigenvalue weighted by Gasteiger charge is -2.46. The molecule has 0 unspecified atom stereocenters. The van der Waals surface area contributed by atoms with Gasteiger partial charge in [0, 0.05) is 33.5 Å². The maximum absolute atomic E-state index is 2.53. The Balaban J connectivity index is 1.62. The molecule has 8 rings (SSSR count). The van der Waals surface area contributed by atoms with Crippen molar-refractivity contribution in [2.45, 2.75) is 0 Å². The van der Waals surface area contributed by atoms with E-state index in [0.29, 0.717) is 0 Å². The summed E-state index contributed by atoms with van der Waals surface area (Å²) < 4.78 is 0. The molecule has 3 aliphatic rings. The van der Waals surface area contributed by atoms with Crippen LogP contribution in [0.4, 0.5) is 34.1 Å². The van der Waals surface area contributed by atoms with E-state index in [1.54, 1.807) is 0 Å². The van der Waals surface area contributed by atoms with Crippen LogP contribution in [0, 0.1) is 0 Å². The van der Waals surface area contributed by atoms with Crippen molar-refractivity contribution in [2.24, 2.45) is 0 Å². The average molecular weight is 381 g/mol. The largest absolute Gasteiger partial charge is 0.519 e. The highest BCUT2D eigenvalue weighted by atomic mass is 15.4. The summed E-state index contributed by atoms with van der Waals surface area (Å²) in [5.74, 6) is 0. The minimum absolute atomic E-state index is 0.0587. The minimum Gasteiger partial charge on any atom is -0.344 e. The first-order valence-corrected chi connectivity index (χ1v) is 10.4. The van der Waals surface area contributed by atoms with E-state index in [9.17, 15) is 0 Å². The highest BCUT2D eigenvalue weighted by Crippen LogP contribution is 2.58. The van der Waals surface area contributed by atoms with Crippen LogP contribution in [0.2, 0.25) is 0 Å². The second-order valence-electron chi connectivity index (χ2n) is 8.25. The lowest BCUT2D eigenvalue weighted by atomic mass is 9.75. The molecule has 0 saturated carbocycles. The van der Waals surface area contributed by atoms with Gasteiger partial charge in [-0.05, 0) is 47.2 Å². The number of fused-ring (bicyclic) bond motifs is 7. The highest BCUT2D eigenvalue weighted by Gasteiger charge is 2.53. The maximum atomic E-state index is 2.53. The lowest BCUT2D eigenvalue weighted by molar-refractivity contribution is 1.25. The fourth-order valence-electron chi connectivity index (χ4n) is 5.76. The van der Waals surface area contributed by atoms with Crippen molar-refractivity contribution in [1.29, 1.82) is 0 Å². The van der Waals surface area contributed by atoms with Gasteiger partial charge in [0.25, 0.3) is 0 Å². The van der Waals surface area contributed by atoms with E-state index in [-0.39, 0.29) is 7.12 Å². The van der Waals surface area contributed by atoms with Gasteiger partial charge in [-0.25, -0.2) is 0 Å². The quantitative estimate of drug-likeness (QED) is 0.275. The molecule has 5 aromatic carbocycles. The number of anilines is 6. The molecule has 0 aliphatic carbocycles. The molecule has 0 bridgehead atoms. The van der Waals surface area contributed by atoms with E-state index < -0.39 is 0 Å². The van der Waals surface area contributed by atoms with Crippen molar-refractivity contribution in [2.75, 3.05) is 14.4 Å². The van der Waals surface area contributed by atoms with Gasteiger partial charge in [0.2, 0.25) is 0 Å². The number of hydrogen-bond acceptors (Lipinski definition) is 3. The molecule has 138 valence electrons. The highest BCUT2D eigenvalue weighted by molar-refractivity contribution is 6.80. The average Bonchev–Trinajstić information content (AvgIpc) is 3.14. The Morgan fingerprint density at radius 2 is 0.700 bits per heavy atom. The summed E-state index contributed by atoms with van der Waals surface area (Å²) in [7, 11) is 0.0587. The Bertz CT molecular complexity index is 1420. The van der Waals surface area contributed by atoms with Crippen molar-refractivity contribution >= 4 is 62.8 Å². The van der Waals surface area contributed by atoms with Gasteiger partial charge < -0.3 is 14.4 Å². The van der Waals surface area contributed by atoms with Crippen LogP contribution in [-0.4, -0.2) is 7.12 Å². The first kappa shape index (κ1) is 15.0. The molecule has 0 spiro atoms. The van der Waals surface area contributed by atoms with Crippen LogP contribution in [0.15, 0.2) is 97.1 Å².